The average molecular weight is 538 g/mol. The maximum atomic E-state index is 12.9. The molecule has 0 aromatic rings. The Morgan fingerprint density at radius 1 is 1.32 bits per heavy atom. The molecule has 204 valence electrons. The molecule has 0 aliphatic carbocycles. The van der Waals surface area contributed by atoms with Gasteiger partial charge in [-0.2, -0.15) is 0 Å². The summed E-state index contributed by atoms with van der Waals surface area (Å²) >= 11 is 1.41. The fourth-order valence-corrected chi connectivity index (χ4v) is 7.06. The zero-order valence-corrected chi connectivity index (χ0v) is 21.7. The van der Waals surface area contributed by atoms with Crippen LogP contribution in [0.5, 0.6) is 0 Å². The average Bonchev–Trinajstić information content (AvgIpc) is 3.35. The molecular weight excluding hydrogens is 502 g/mol. The molecule has 4 heterocycles. The summed E-state index contributed by atoms with van der Waals surface area (Å²) < 4.78 is 0. The van der Waals surface area contributed by atoms with E-state index in [9.17, 15) is 29.4 Å². The molecule has 13 nitrogen and oxygen atoms in total. The molecule has 3 saturated heterocycles. The molecule has 0 aromatic heterocycles. The van der Waals surface area contributed by atoms with E-state index in [-0.39, 0.29) is 58.7 Å². The standard InChI is InChI=1S/C23H35N7O6S/c1-10-17-16(11(2)31)21(34)30(17)18(22(35)36)19(10)37-13-6-14(27-7-13)20(33)29-8-12(9-29)28-15(32)4-3-5-26-23(24)25/h10-14,16-17,27,31H,3-9H2,1-2H3,(H,28,32)(H,35,36)(H4,24,25,26)/t10-,11-,13+,14+,16-,17-/m1/s1. The van der Waals surface area contributed by atoms with Crippen molar-refractivity contribution >= 4 is 41.4 Å². The van der Waals surface area contributed by atoms with Gasteiger partial charge in [-0.05, 0) is 19.8 Å². The lowest BCUT2D eigenvalue weighted by Gasteiger charge is -2.46. The number of nitrogens with zero attached hydrogens (tertiary/aromatic N) is 2. The highest BCUT2D eigenvalue weighted by atomic mass is 32.2. The monoisotopic (exact) mass is 537 g/mol. The van der Waals surface area contributed by atoms with E-state index in [1.54, 1.807) is 11.8 Å². The molecule has 4 aliphatic heterocycles. The molecule has 0 bridgehead atoms. The van der Waals surface area contributed by atoms with E-state index in [0.29, 0.717) is 50.3 Å². The third-order valence-electron chi connectivity index (χ3n) is 7.45. The Balaban J connectivity index is 1.25. The third kappa shape index (κ3) is 5.41. The SMILES string of the molecule is C[C@@H](O)[C@H]1C(=O)N2C(C(=O)O)=C(S[C@@H]3CN[C@H](C(=O)N4CC(NC(=O)CCCNC(=N)N)C4)C3)[C@H](C)[C@H]12. The molecule has 37 heavy (non-hydrogen) atoms. The highest BCUT2D eigenvalue weighted by molar-refractivity contribution is 8.03. The number of rotatable bonds is 10. The summed E-state index contributed by atoms with van der Waals surface area (Å²) in [4.78, 5) is 53.1. The van der Waals surface area contributed by atoms with Gasteiger partial charge in [0.25, 0.3) is 0 Å². The van der Waals surface area contributed by atoms with Crippen molar-refractivity contribution in [1.29, 1.82) is 5.41 Å². The minimum Gasteiger partial charge on any atom is -0.477 e. The molecule has 4 aliphatic rings. The number of aliphatic hydroxyl groups is 1. The number of carbonyl (C=O) groups excluding carboxylic acids is 3. The molecule has 14 heteroatoms. The van der Waals surface area contributed by atoms with Crippen LogP contribution in [0.25, 0.3) is 0 Å². The van der Waals surface area contributed by atoms with E-state index in [2.05, 4.69) is 16.0 Å². The van der Waals surface area contributed by atoms with Crippen molar-refractivity contribution in [1.82, 2.24) is 25.8 Å². The number of β-lactam (4-membered cyclic amide) rings is 1. The summed E-state index contributed by atoms with van der Waals surface area (Å²) in [5.41, 5.74) is 5.20. The molecule has 4 rings (SSSR count). The van der Waals surface area contributed by atoms with Gasteiger partial charge in [0.1, 0.15) is 5.70 Å². The fourth-order valence-electron chi connectivity index (χ4n) is 5.58. The van der Waals surface area contributed by atoms with Crippen molar-refractivity contribution in [3.63, 3.8) is 0 Å². The van der Waals surface area contributed by atoms with Crippen molar-refractivity contribution in [2.75, 3.05) is 26.2 Å². The highest BCUT2D eigenvalue weighted by Crippen LogP contribution is 2.51. The van der Waals surface area contributed by atoms with Crippen LogP contribution in [0.1, 0.15) is 33.1 Å². The Morgan fingerprint density at radius 3 is 2.65 bits per heavy atom. The van der Waals surface area contributed by atoms with Crippen molar-refractivity contribution < 1.29 is 29.4 Å². The molecule has 3 fully saturated rings. The van der Waals surface area contributed by atoms with Gasteiger partial charge in [0.2, 0.25) is 17.7 Å². The van der Waals surface area contributed by atoms with E-state index in [1.165, 1.54) is 16.7 Å². The number of fused-ring (bicyclic) bond motifs is 1. The zero-order chi connectivity index (χ0) is 27.0. The molecule has 6 atom stereocenters. The number of hydrogen-bond donors (Lipinski definition) is 7. The molecule has 0 spiro atoms. The first-order valence-corrected chi connectivity index (χ1v) is 13.4. The second kappa shape index (κ2) is 10.9. The lowest BCUT2D eigenvalue weighted by molar-refractivity contribution is -0.163. The van der Waals surface area contributed by atoms with Crippen molar-refractivity contribution in [2.24, 2.45) is 17.6 Å². The summed E-state index contributed by atoms with van der Waals surface area (Å²) in [7, 11) is 0. The van der Waals surface area contributed by atoms with Crippen LogP contribution in [0.3, 0.4) is 0 Å². The lowest BCUT2D eigenvalue weighted by atomic mass is 9.79. The smallest absolute Gasteiger partial charge is 0.353 e. The van der Waals surface area contributed by atoms with Crippen molar-refractivity contribution in [3.05, 3.63) is 10.6 Å². The second-order valence-electron chi connectivity index (χ2n) is 10.2. The molecule has 0 radical (unpaired) electrons. The van der Waals surface area contributed by atoms with Crippen LogP contribution < -0.4 is 21.7 Å². The molecule has 0 unspecified atom stereocenters. The highest BCUT2D eigenvalue weighted by Gasteiger charge is 2.60. The topological polar surface area (TPSA) is 201 Å². The number of thioether (sulfide) groups is 1. The number of nitrogens with two attached hydrogens (primary N) is 1. The van der Waals surface area contributed by atoms with Crippen molar-refractivity contribution in [3.8, 4) is 0 Å². The maximum Gasteiger partial charge on any atom is 0.353 e. The lowest BCUT2D eigenvalue weighted by Crippen LogP contribution is -2.63. The van der Waals surface area contributed by atoms with E-state index < -0.39 is 18.0 Å². The summed E-state index contributed by atoms with van der Waals surface area (Å²) in [6, 6.07) is -0.830. The second-order valence-corrected chi connectivity index (χ2v) is 11.5. The number of aliphatic carboxylic acids is 1. The van der Waals surface area contributed by atoms with E-state index in [1.807, 2.05) is 6.92 Å². The van der Waals surface area contributed by atoms with Crippen LogP contribution in [0.15, 0.2) is 10.6 Å². The van der Waals surface area contributed by atoms with Crippen LogP contribution in [0.2, 0.25) is 0 Å². The summed E-state index contributed by atoms with van der Waals surface area (Å²) in [6.45, 7) is 5.30. The Morgan fingerprint density at radius 2 is 2.03 bits per heavy atom. The zero-order valence-electron chi connectivity index (χ0n) is 20.9. The van der Waals surface area contributed by atoms with E-state index in [0.717, 1.165) is 0 Å². The number of carboxylic acids is 1. The number of aliphatic hydroxyl groups excluding tert-OH is 1. The number of amides is 3. The maximum absolute atomic E-state index is 12.9. The number of likely N-dealkylation sites (tertiary alicyclic amines) is 1. The normalized spacial score (nSPS) is 29.9. The van der Waals surface area contributed by atoms with E-state index in [4.69, 9.17) is 11.1 Å². The molecule has 0 saturated carbocycles. The Labute approximate surface area is 219 Å². The van der Waals surface area contributed by atoms with Gasteiger partial charge in [0.15, 0.2) is 5.96 Å². The molecule has 3 amide bonds. The number of guanidine groups is 1. The minimum atomic E-state index is -1.16. The van der Waals surface area contributed by atoms with Gasteiger partial charge in [0, 0.05) is 48.7 Å². The van der Waals surface area contributed by atoms with Gasteiger partial charge in [-0.25, -0.2) is 4.79 Å². The van der Waals surface area contributed by atoms with Gasteiger partial charge >= 0.3 is 5.97 Å². The van der Waals surface area contributed by atoms with Gasteiger partial charge in [-0.3, -0.25) is 19.8 Å². The van der Waals surface area contributed by atoms with Gasteiger partial charge < -0.3 is 41.7 Å². The van der Waals surface area contributed by atoms with E-state index >= 15 is 0 Å². The first kappa shape index (κ1) is 27.2. The van der Waals surface area contributed by atoms with Gasteiger partial charge in [-0.15, -0.1) is 11.8 Å². The van der Waals surface area contributed by atoms with Gasteiger partial charge in [-0.1, -0.05) is 6.92 Å². The third-order valence-corrected chi connectivity index (χ3v) is 8.96. The minimum absolute atomic E-state index is 0.00224. The van der Waals surface area contributed by atoms with Gasteiger partial charge in [0.05, 0.1) is 30.1 Å². The van der Waals surface area contributed by atoms with Crippen LogP contribution in [0.4, 0.5) is 0 Å². The molecular formula is C23H35N7O6S. The fraction of sp³-hybridized carbons (Fsp3) is 0.696. The summed E-state index contributed by atoms with van der Waals surface area (Å²) in [6.07, 6.45) is 0.542. The number of carbonyl (C=O) groups is 4. The first-order valence-electron chi connectivity index (χ1n) is 12.5. The number of carboxylic acid groups (broad SMARTS) is 1. The summed E-state index contributed by atoms with van der Waals surface area (Å²) in [5.74, 6) is -2.60. The largest absolute Gasteiger partial charge is 0.477 e. The predicted octanol–water partition coefficient (Wildman–Crippen LogP) is -1.81. The first-order chi connectivity index (χ1) is 17.5. The number of hydrogen-bond acceptors (Lipinski definition) is 8. The molecule has 0 aromatic carbocycles. The summed E-state index contributed by atoms with van der Waals surface area (Å²) in [5, 5.41) is 35.7. The Hall–Kier alpha value is -2.84. The van der Waals surface area contributed by atoms with Crippen LogP contribution >= 0.6 is 11.8 Å². The predicted molar refractivity (Wildman–Crippen MR) is 135 cm³/mol. The Bertz CT molecular complexity index is 1010. The van der Waals surface area contributed by atoms with Crippen LogP contribution in [-0.4, -0.2) is 105 Å². The quantitative estimate of drug-likeness (QED) is 0.0721. The Kier molecular flexibility index (Phi) is 7.99. The molecule has 8 N–H and O–H groups in total. The van der Waals surface area contributed by atoms with Crippen LogP contribution in [-0.2, 0) is 19.2 Å². The van der Waals surface area contributed by atoms with Crippen LogP contribution in [0, 0.1) is 17.2 Å². The van der Waals surface area contributed by atoms with Crippen molar-refractivity contribution in [2.45, 2.75) is 62.6 Å². The number of nitrogens with one attached hydrogen (secondary N) is 4.